The molecule has 2 heterocycles. The van der Waals surface area contributed by atoms with E-state index in [1.54, 1.807) is 0 Å². The van der Waals surface area contributed by atoms with Crippen LogP contribution in [0.5, 0.6) is 0 Å². The average molecular weight is 384 g/mol. The summed E-state index contributed by atoms with van der Waals surface area (Å²) in [5, 5.41) is 13.8. The number of aromatic amines is 1. The van der Waals surface area contributed by atoms with Crippen molar-refractivity contribution in [2.75, 3.05) is 12.3 Å². The van der Waals surface area contributed by atoms with Crippen molar-refractivity contribution in [2.24, 2.45) is 5.92 Å². The van der Waals surface area contributed by atoms with Crippen LogP contribution in [0.1, 0.15) is 39.2 Å². The molecule has 1 aromatic carbocycles. The molecule has 0 spiro atoms. The number of thioether (sulfide) groups is 1. The highest BCUT2D eigenvalue weighted by molar-refractivity contribution is 7.99. The van der Waals surface area contributed by atoms with Crippen molar-refractivity contribution in [3.63, 3.8) is 0 Å². The Labute approximate surface area is 163 Å². The lowest BCUT2D eigenvalue weighted by molar-refractivity contribution is -0.118. The molecule has 2 N–H and O–H groups in total. The summed E-state index contributed by atoms with van der Waals surface area (Å²) in [6, 6.07) is 8.66. The maximum Gasteiger partial charge on any atom is 0.230 e. The van der Waals surface area contributed by atoms with Crippen LogP contribution in [0.2, 0.25) is 0 Å². The van der Waals surface area contributed by atoms with Crippen LogP contribution >= 0.6 is 11.8 Å². The fraction of sp³-hybridized carbons (Fsp3) is 0.450. The first kappa shape index (κ1) is 18.1. The fourth-order valence-electron chi connectivity index (χ4n) is 3.16. The van der Waals surface area contributed by atoms with E-state index in [-0.39, 0.29) is 5.91 Å². The van der Waals surface area contributed by atoms with E-state index in [9.17, 15) is 4.79 Å². The highest BCUT2D eigenvalue weighted by Crippen LogP contribution is 2.42. The maximum absolute atomic E-state index is 12.1. The van der Waals surface area contributed by atoms with Gasteiger partial charge in [0, 0.05) is 35.2 Å². The monoisotopic (exact) mass is 383 g/mol. The molecule has 0 atom stereocenters. The molecule has 7 heteroatoms. The van der Waals surface area contributed by atoms with Crippen LogP contribution in [0.15, 0.2) is 35.6 Å². The van der Waals surface area contributed by atoms with Crippen LogP contribution in [0.25, 0.3) is 22.3 Å². The first-order chi connectivity index (χ1) is 13.1. The number of carbonyl (C=O) groups is 1. The van der Waals surface area contributed by atoms with Gasteiger partial charge in [-0.3, -0.25) is 9.36 Å². The third-order valence-electron chi connectivity index (χ3n) is 4.78. The van der Waals surface area contributed by atoms with E-state index in [0.29, 0.717) is 17.7 Å². The predicted molar refractivity (Wildman–Crippen MR) is 109 cm³/mol. The first-order valence-corrected chi connectivity index (χ1v) is 10.5. The van der Waals surface area contributed by atoms with Crippen LogP contribution < -0.4 is 5.32 Å². The maximum atomic E-state index is 12.1. The number of para-hydroxylation sites is 1. The van der Waals surface area contributed by atoms with E-state index in [1.165, 1.54) is 11.8 Å². The normalized spacial score (nSPS) is 14.2. The smallest absolute Gasteiger partial charge is 0.230 e. The lowest BCUT2D eigenvalue weighted by Gasteiger charge is -2.09. The summed E-state index contributed by atoms with van der Waals surface area (Å²) in [7, 11) is 0. The lowest BCUT2D eigenvalue weighted by atomic mass is 10.1. The van der Waals surface area contributed by atoms with Gasteiger partial charge in [-0.2, -0.15) is 0 Å². The number of benzene rings is 1. The minimum Gasteiger partial charge on any atom is -0.360 e. The third kappa shape index (κ3) is 4.03. The number of nitrogens with one attached hydrogen (secondary N) is 2. The number of nitrogens with zero attached hydrogens (tertiary/aromatic N) is 3. The quantitative estimate of drug-likeness (QED) is 0.576. The summed E-state index contributed by atoms with van der Waals surface area (Å²) in [5.74, 6) is 1.91. The summed E-state index contributed by atoms with van der Waals surface area (Å²) in [4.78, 5) is 15.4. The molecule has 0 aliphatic heterocycles. The second-order valence-electron chi connectivity index (χ2n) is 7.48. The second-order valence-corrected chi connectivity index (χ2v) is 8.42. The van der Waals surface area contributed by atoms with E-state index >= 15 is 0 Å². The van der Waals surface area contributed by atoms with Gasteiger partial charge in [-0.15, -0.1) is 10.2 Å². The van der Waals surface area contributed by atoms with Gasteiger partial charge in [0.05, 0.1) is 5.75 Å². The van der Waals surface area contributed by atoms with Crippen molar-refractivity contribution in [3.8, 4) is 11.4 Å². The highest BCUT2D eigenvalue weighted by atomic mass is 32.2. The Bertz CT molecular complexity index is 941. The Morgan fingerprint density at radius 2 is 2.15 bits per heavy atom. The van der Waals surface area contributed by atoms with Gasteiger partial charge in [0.25, 0.3) is 0 Å². The van der Waals surface area contributed by atoms with E-state index in [0.717, 1.165) is 53.3 Å². The van der Waals surface area contributed by atoms with E-state index in [4.69, 9.17) is 0 Å². The molecule has 2 aromatic heterocycles. The Balaban J connectivity index is 1.51. The predicted octanol–water partition coefficient (Wildman–Crippen LogP) is 4.02. The molecule has 3 aromatic rings. The zero-order valence-corrected chi connectivity index (χ0v) is 16.6. The Hall–Kier alpha value is -2.28. The minimum atomic E-state index is 0.0552. The van der Waals surface area contributed by atoms with Gasteiger partial charge in [0.1, 0.15) is 0 Å². The average Bonchev–Trinajstić information content (AvgIpc) is 3.26. The minimum absolute atomic E-state index is 0.0552. The standard InChI is InChI=1S/C20H25N5OS/c1-13(2)9-10-21-18(26)12-27-20-24-23-19(25(20)14-7-8-14)16-11-22-17-6-4-3-5-15(16)17/h3-6,11,13-14,22H,7-10,12H2,1-2H3,(H,21,26). The molecule has 142 valence electrons. The van der Waals surface area contributed by atoms with E-state index in [1.807, 2.05) is 18.3 Å². The molecule has 1 aliphatic rings. The van der Waals surface area contributed by atoms with Crippen molar-refractivity contribution in [3.05, 3.63) is 30.5 Å². The zero-order valence-electron chi connectivity index (χ0n) is 15.7. The second kappa shape index (κ2) is 7.76. The molecule has 0 unspecified atom stereocenters. The Morgan fingerprint density at radius 1 is 1.33 bits per heavy atom. The number of amides is 1. The number of hydrogen-bond acceptors (Lipinski definition) is 4. The topological polar surface area (TPSA) is 75.6 Å². The number of aromatic nitrogens is 4. The molecule has 0 radical (unpaired) electrons. The van der Waals surface area contributed by atoms with Crippen molar-refractivity contribution in [1.82, 2.24) is 25.1 Å². The summed E-state index contributed by atoms with van der Waals surface area (Å²) < 4.78 is 2.21. The number of rotatable bonds is 8. The van der Waals surface area contributed by atoms with Crippen LogP contribution in [0.3, 0.4) is 0 Å². The molecule has 27 heavy (non-hydrogen) atoms. The van der Waals surface area contributed by atoms with Gasteiger partial charge in [0.15, 0.2) is 11.0 Å². The van der Waals surface area contributed by atoms with Crippen LogP contribution in [-0.2, 0) is 4.79 Å². The molecule has 6 nitrogen and oxygen atoms in total. The highest BCUT2D eigenvalue weighted by Gasteiger charge is 2.31. The van der Waals surface area contributed by atoms with Crippen molar-refractivity contribution >= 4 is 28.6 Å². The molecule has 4 rings (SSSR count). The van der Waals surface area contributed by atoms with Gasteiger partial charge in [0.2, 0.25) is 5.91 Å². The van der Waals surface area contributed by atoms with E-state index in [2.05, 4.69) is 51.0 Å². The summed E-state index contributed by atoms with van der Waals surface area (Å²) in [5.41, 5.74) is 2.16. The molecule has 1 amide bonds. The number of carbonyl (C=O) groups excluding carboxylic acids is 1. The van der Waals surface area contributed by atoms with Crippen molar-refractivity contribution < 1.29 is 4.79 Å². The molecule has 0 bridgehead atoms. The molecule has 1 aliphatic carbocycles. The molecule has 1 saturated carbocycles. The molecule has 1 fully saturated rings. The third-order valence-corrected chi connectivity index (χ3v) is 5.73. The van der Waals surface area contributed by atoms with E-state index < -0.39 is 0 Å². The Morgan fingerprint density at radius 3 is 2.93 bits per heavy atom. The zero-order chi connectivity index (χ0) is 18.8. The molecular formula is C20H25N5OS. The Kier molecular flexibility index (Phi) is 5.20. The van der Waals surface area contributed by atoms with Crippen LogP contribution in [0, 0.1) is 5.92 Å². The van der Waals surface area contributed by atoms with Gasteiger partial charge in [-0.1, -0.05) is 43.8 Å². The summed E-state index contributed by atoms with van der Waals surface area (Å²) >= 11 is 1.47. The SMILES string of the molecule is CC(C)CCNC(=O)CSc1nnc(-c2c[nH]c3ccccc23)n1C1CC1. The van der Waals surface area contributed by atoms with Gasteiger partial charge in [-0.25, -0.2) is 0 Å². The largest absolute Gasteiger partial charge is 0.360 e. The fourth-order valence-corrected chi connectivity index (χ4v) is 3.99. The van der Waals surface area contributed by atoms with Gasteiger partial charge >= 0.3 is 0 Å². The van der Waals surface area contributed by atoms with Crippen molar-refractivity contribution in [1.29, 1.82) is 0 Å². The summed E-state index contributed by atoms with van der Waals surface area (Å²) in [6.07, 6.45) is 5.28. The lowest BCUT2D eigenvalue weighted by Crippen LogP contribution is -2.27. The van der Waals surface area contributed by atoms with Crippen LogP contribution in [-0.4, -0.2) is 38.0 Å². The summed E-state index contributed by atoms with van der Waals surface area (Å²) in [6.45, 7) is 5.05. The van der Waals surface area contributed by atoms with Gasteiger partial charge < -0.3 is 10.3 Å². The first-order valence-electron chi connectivity index (χ1n) is 9.54. The van der Waals surface area contributed by atoms with Crippen molar-refractivity contribution in [2.45, 2.75) is 44.3 Å². The van der Waals surface area contributed by atoms with Gasteiger partial charge in [-0.05, 0) is 31.2 Å². The number of fused-ring (bicyclic) bond motifs is 1. The number of H-pyrrole nitrogens is 1. The molecule has 0 saturated heterocycles. The number of hydrogen-bond donors (Lipinski definition) is 2. The van der Waals surface area contributed by atoms with Crippen LogP contribution in [0.4, 0.5) is 0 Å². The molecular weight excluding hydrogens is 358 g/mol.